The number of primary amides is 1. The van der Waals surface area contributed by atoms with Crippen LogP contribution in [0.2, 0.25) is 0 Å². The molecule has 2 aromatic rings. The number of nitrogens with one attached hydrogen (secondary N) is 1. The number of rotatable bonds is 5. The highest BCUT2D eigenvalue weighted by atomic mass is 32.2. The van der Waals surface area contributed by atoms with Crippen molar-refractivity contribution in [1.82, 2.24) is 14.1 Å². The third-order valence-corrected chi connectivity index (χ3v) is 8.04. The van der Waals surface area contributed by atoms with Gasteiger partial charge in [-0.05, 0) is 39.7 Å². The highest BCUT2D eigenvalue weighted by Gasteiger charge is 2.30. The van der Waals surface area contributed by atoms with E-state index in [0.717, 1.165) is 30.6 Å². The topological polar surface area (TPSA) is 127 Å². The Morgan fingerprint density at radius 2 is 1.86 bits per heavy atom. The zero-order valence-electron chi connectivity index (χ0n) is 16.6. The fourth-order valence-electron chi connectivity index (χ4n) is 2.99. The molecule has 9 nitrogen and oxygen atoms in total. The van der Waals surface area contributed by atoms with Gasteiger partial charge >= 0.3 is 0 Å². The minimum absolute atomic E-state index is 0.00566. The molecule has 1 saturated heterocycles. The SMILES string of the molecule is CC(C)(C)n1cc(C(=O)Nc2sc(S(=O)(=O)N3CCCCC3)cc2C(N)=O)cn1. The van der Waals surface area contributed by atoms with Gasteiger partial charge in [0.2, 0.25) is 0 Å². The minimum Gasteiger partial charge on any atom is -0.366 e. The Balaban J connectivity index is 1.88. The molecule has 0 spiro atoms. The number of thiophene rings is 1. The van der Waals surface area contributed by atoms with Gasteiger partial charge in [0.1, 0.15) is 9.21 Å². The van der Waals surface area contributed by atoms with E-state index in [1.54, 1.807) is 10.9 Å². The summed E-state index contributed by atoms with van der Waals surface area (Å²) in [6, 6.07) is 1.24. The summed E-state index contributed by atoms with van der Waals surface area (Å²) in [5.74, 6) is -1.30. The molecule has 3 rings (SSSR count). The number of piperidine rings is 1. The summed E-state index contributed by atoms with van der Waals surface area (Å²) in [4.78, 5) is 24.5. The number of carbonyl (C=O) groups is 2. The summed E-state index contributed by atoms with van der Waals surface area (Å²) >= 11 is 0.834. The average Bonchev–Trinajstić information content (AvgIpc) is 3.30. The van der Waals surface area contributed by atoms with Gasteiger partial charge in [-0.25, -0.2) is 8.42 Å². The minimum atomic E-state index is -3.74. The Hall–Kier alpha value is -2.24. The van der Waals surface area contributed by atoms with Crippen molar-refractivity contribution in [1.29, 1.82) is 0 Å². The van der Waals surface area contributed by atoms with E-state index >= 15 is 0 Å². The van der Waals surface area contributed by atoms with Crippen LogP contribution < -0.4 is 11.1 Å². The molecule has 1 aliphatic rings. The lowest BCUT2D eigenvalue weighted by molar-refractivity contribution is 0.100. The number of nitrogens with two attached hydrogens (primary N) is 1. The second-order valence-corrected chi connectivity index (χ2v) is 11.2. The van der Waals surface area contributed by atoms with E-state index in [4.69, 9.17) is 5.73 Å². The summed E-state index contributed by atoms with van der Waals surface area (Å²) in [6.45, 7) is 6.73. The third kappa shape index (κ3) is 4.51. The van der Waals surface area contributed by atoms with Crippen molar-refractivity contribution >= 4 is 38.2 Å². The van der Waals surface area contributed by atoms with Crippen LogP contribution in [0.5, 0.6) is 0 Å². The molecule has 0 bridgehead atoms. The summed E-state index contributed by atoms with van der Waals surface area (Å²) in [6.07, 6.45) is 5.61. The monoisotopic (exact) mass is 439 g/mol. The maximum atomic E-state index is 12.9. The van der Waals surface area contributed by atoms with Gasteiger partial charge in [-0.3, -0.25) is 14.3 Å². The van der Waals surface area contributed by atoms with Crippen molar-refractivity contribution in [2.75, 3.05) is 18.4 Å². The van der Waals surface area contributed by atoms with Gasteiger partial charge < -0.3 is 11.1 Å². The van der Waals surface area contributed by atoms with E-state index in [-0.39, 0.29) is 20.3 Å². The Bertz CT molecular complexity index is 1030. The van der Waals surface area contributed by atoms with Crippen LogP contribution in [0.1, 0.15) is 60.7 Å². The molecule has 3 N–H and O–H groups in total. The lowest BCUT2D eigenvalue weighted by Gasteiger charge is -2.25. The Morgan fingerprint density at radius 1 is 1.21 bits per heavy atom. The zero-order valence-corrected chi connectivity index (χ0v) is 18.3. The molecule has 0 saturated carbocycles. The van der Waals surface area contributed by atoms with Crippen molar-refractivity contribution in [3.63, 3.8) is 0 Å². The molecule has 29 heavy (non-hydrogen) atoms. The number of aromatic nitrogens is 2. The molecule has 0 unspecified atom stereocenters. The number of anilines is 1. The van der Waals surface area contributed by atoms with Gasteiger partial charge in [-0.1, -0.05) is 6.42 Å². The maximum Gasteiger partial charge on any atom is 0.259 e. The van der Waals surface area contributed by atoms with Crippen LogP contribution in [0.25, 0.3) is 0 Å². The molecule has 2 aromatic heterocycles. The van der Waals surface area contributed by atoms with Gasteiger partial charge in [0.25, 0.3) is 21.8 Å². The number of hydrogen-bond donors (Lipinski definition) is 2. The van der Waals surface area contributed by atoms with Crippen molar-refractivity contribution in [2.24, 2.45) is 5.73 Å². The largest absolute Gasteiger partial charge is 0.366 e. The predicted molar refractivity (Wildman–Crippen MR) is 111 cm³/mol. The third-order valence-electron chi connectivity index (χ3n) is 4.64. The highest BCUT2D eigenvalue weighted by Crippen LogP contribution is 2.34. The van der Waals surface area contributed by atoms with Crippen LogP contribution in [-0.2, 0) is 15.6 Å². The van der Waals surface area contributed by atoms with E-state index in [2.05, 4.69) is 10.4 Å². The zero-order chi connectivity index (χ0) is 21.4. The molecule has 11 heteroatoms. The fraction of sp³-hybridized carbons (Fsp3) is 0.500. The summed E-state index contributed by atoms with van der Waals surface area (Å²) in [5, 5.41) is 6.90. The number of sulfonamides is 1. The first kappa shape index (κ1) is 21.5. The normalized spacial score (nSPS) is 16.0. The number of nitrogens with zero attached hydrogens (tertiary/aromatic N) is 3. The molecular formula is C18H25N5O4S2. The quantitative estimate of drug-likeness (QED) is 0.738. The van der Waals surface area contributed by atoms with E-state index in [0.29, 0.717) is 18.7 Å². The first-order valence-electron chi connectivity index (χ1n) is 9.30. The van der Waals surface area contributed by atoms with Gasteiger partial charge in [0.15, 0.2) is 0 Å². The van der Waals surface area contributed by atoms with Crippen LogP contribution >= 0.6 is 11.3 Å². The van der Waals surface area contributed by atoms with E-state index in [1.807, 2.05) is 20.8 Å². The lowest BCUT2D eigenvalue weighted by Crippen LogP contribution is -2.35. The molecule has 3 heterocycles. The van der Waals surface area contributed by atoms with E-state index in [1.165, 1.54) is 16.6 Å². The van der Waals surface area contributed by atoms with Gasteiger partial charge in [0, 0.05) is 19.3 Å². The van der Waals surface area contributed by atoms with Crippen molar-refractivity contribution < 1.29 is 18.0 Å². The van der Waals surface area contributed by atoms with Crippen LogP contribution in [0, 0.1) is 0 Å². The summed E-state index contributed by atoms with van der Waals surface area (Å²) in [5.41, 5.74) is 5.39. The van der Waals surface area contributed by atoms with Gasteiger partial charge in [-0.2, -0.15) is 9.40 Å². The molecule has 2 amide bonds. The molecular weight excluding hydrogens is 414 g/mol. The van der Waals surface area contributed by atoms with Crippen molar-refractivity contribution in [2.45, 2.75) is 49.8 Å². The van der Waals surface area contributed by atoms with Crippen molar-refractivity contribution in [3.05, 3.63) is 29.6 Å². The molecule has 0 radical (unpaired) electrons. The van der Waals surface area contributed by atoms with Crippen molar-refractivity contribution in [3.8, 4) is 0 Å². The first-order chi connectivity index (χ1) is 13.5. The average molecular weight is 440 g/mol. The number of amides is 2. The van der Waals surface area contributed by atoms with Crippen LogP contribution in [0.4, 0.5) is 5.00 Å². The van der Waals surface area contributed by atoms with Gasteiger partial charge in [-0.15, -0.1) is 11.3 Å². The molecule has 1 fully saturated rings. The van der Waals surface area contributed by atoms with Crippen LogP contribution in [0.3, 0.4) is 0 Å². The van der Waals surface area contributed by atoms with Gasteiger partial charge in [0.05, 0.1) is 22.9 Å². The molecule has 1 aliphatic heterocycles. The van der Waals surface area contributed by atoms with Crippen LogP contribution in [0.15, 0.2) is 22.7 Å². The standard InChI is InChI=1S/C18H25N5O4S2/c1-18(2,3)23-11-12(10-20-23)16(25)21-17-13(15(19)24)9-14(28-17)29(26,27)22-7-5-4-6-8-22/h9-11H,4-8H2,1-3H3,(H2,19,24)(H,21,25). The second-order valence-electron chi connectivity index (χ2n) is 7.94. The Kier molecular flexibility index (Phi) is 5.84. The predicted octanol–water partition coefficient (Wildman–Crippen LogP) is 2.23. The number of carbonyl (C=O) groups excluding carboxylic acids is 2. The first-order valence-corrected chi connectivity index (χ1v) is 11.6. The van der Waals surface area contributed by atoms with E-state index in [9.17, 15) is 18.0 Å². The smallest absolute Gasteiger partial charge is 0.259 e. The molecule has 0 atom stereocenters. The van der Waals surface area contributed by atoms with Crippen LogP contribution in [-0.4, -0.2) is 47.4 Å². The van der Waals surface area contributed by atoms with E-state index < -0.39 is 21.8 Å². The maximum absolute atomic E-state index is 12.9. The lowest BCUT2D eigenvalue weighted by atomic mass is 10.1. The molecule has 0 aromatic carbocycles. The summed E-state index contributed by atoms with van der Waals surface area (Å²) in [7, 11) is -3.74. The fourth-order valence-corrected chi connectivity index (χ4v) is 6.02. The second kappa shape index (κ2) is 7.88. The number of hydrogen-bond acceptors (Lipinski definition) is 6. The summed E-state index contributed by atoms with van der Waals surface area (Å²) < 4.78 is 28.9. The molecule has 158 valence electrons. The Morgan fingerprint density at radius 3 is 2.41 bits per heavy atom. The molecule has 0 aliphatic carbocycles. The Labute approximate surface area is 173 Å². The highest BCUT2D eigenvalue weighted by molar-refractivity contribution is 7.91.